The van der Waals surface area contributed by atoms with Crippen LogP contribution in [0.5, 0.6) is 5.75 Å². The maximum Gasteiger partial charge on any atom is 0.279 e. The Labute approximate surface area is 118 Å². The molecule has 2 aromatic rings. The fraction of sp³-hybridized carbons (Fsp3) is 0.333. The lowest BCUT2D eigenvalue weighted by Crippen LogP contribution is -2.31. The molecule has 20 heavy (non-hydrogen) atoms. The normalized spacial score (nSPS) is 11.2. The molecule has 0 saturated heterocycles. The smallest absolute Gasteiger partial charge is 0.279 e. The summed E-state index contributed by atoms with van der Waals surface area (Å²) in [6.07, 6.45) is 3.29. The van der Waals surface area contributed by atoms with Gasteiger partial charge in [-0.1, -0.05) is 0 Å². The summed E-state index contributed by atoms with van der Waals surface area (Å²) in [5.74, 6) is 1.22. The van der Waals surface area contributed by atoms with E-state index >= 15 is 0 Å². The standard InChI is InChI=1S/C15H19N3O2/c1-15(2,3)17-12-6-5-9-18(14(12)19)13-8-7-11(20-4)10-16-13/h5-10,17H,1-4H3. The molecule has 0 unspecified atom stereocenters. The van der Waals surface area contributed by atoms with Gasteiger partial charge in [0.2, 0.25) is 0 Å². The van der Waals surface area contributed by atoms with E-state index in [-0.39, 0.29) is 11.1 Å². The van der Waals surface area contributed by atoms with Crippen molar-refractivity contribution in [1.29, 1.82) is 0 Å². The van der Waals surface area contributed by atoms with E-state index in [0.717, 1.165) is 0 Å². The van der Waals surface area contributed by atoms with Crippen LogP contribution in [0.25, 0.3) is 5.82 Å². The zero-order chi connectivity index (χ0) is 14.8. The van der Waals surface area contributed by atoms with Gasteiger partial charge >= 0.3 is 0 Å². The zero-order valence-corrected chi connectivity index (χ0v) is 12.2. The van der Waals surface area contributed by atoms with Gasteiger partial charge in [0.05, 0.1) is 13.3 Å². The quantitative estimate of drug-likeness (QED) is 0.933. The average molecular weight is 273 g/mol. The number of anilines is 1. The van der Waals surface area contributed by atoms with Gasteiger partial charge in [-0.15, -0.1) is 0 Å². The molecule has 0 amide bonds. The second-order valence-corrected chi connectivity index (χ2v) is 5.53. The van der Waals surface area contributed by atoms with Crippen molar-refractivity contribution in [3.8, 4) is 11.6 Å². The van der Waals surface area contributed by atoms with Gasteiger partial charge in [0.25, 0.3) is 5.56 Å². The van der Waals surface area contributed by atoms with E-state index in [0.29, 0.717) is 17.3 Å². The molecule has 0 aliphatic heterocycles. The van der Waals surface area contributed by atoms with E-state index in [2.05, 4.69) is 10.3 Å². The third-order valence-electron chi connectivity index (χ3n) is 2.66. The molecule has 0 bridgehead atoms. The minimum absolute atomic E-state index is 0.125. The van der Waals surface area contributed by atoms with E-state index in [9.17, 15) is 4.79 Å². The first-order valence-electron chi connectivity index (χ1n) is 6.41. The second kappa shape index (κ2) is 5.36. The van der Waals surface area contributed by atoms with Crippen molar-refractivity contribution in [3.63, 3.8) is 0 Å². The molecule has 0 saturated carbocycles. The molecular weight excluding hydrogens is 254 g/mol. The largest absolute Gasteiger partial charge is 0.495 e. The van der Waals surface area contributed by atoms with Gasteiger partial charge < -0.3 is 10.1 Å². The van der Waals surface area contributed by atoms with E-state index in [1.54, 1.807) is 37.7 Å². The van der Waals surface area contributed by atoms with Gasteiger partial charge in [0, 0.05) is 11.7 Å². The Morgan fingerprint density at radius 1 is 1.25 bits per heavy atom. The number of hydrogen-bond acceptors (Lipinski definition) is 4. The maximum absolute atomic E-state index is 12.4. The molecule has 0 fully saturated rings. The highest BCUT2D eigenvalue weighted by atomic mass is 16.5. The highest BCUT2D eigenvalue weighted by molar-refractivity contribution is 5.44. The highest BCUT2D eigenvalue weighted by Crippen LogP contribution is 2.13. The van der Waals surface area contributed by atoms with Crippen LogP contribution in [-0.4, -0.2) is 22.2 Å². The summed E-state index contributed by atoms with van der Waals surface area (Å²) >= 11 is 0. The molecule has 2 heterocycles. The first kappa shape index (κ1) is 14.1. The van der Waals surface area contributed by atoms with E-state index < -0.39 is 0 Å². The minimum Gasteiger partial charge on any atom is -0.495 e. The van der Waals surface area contributed by atoms with Crippen LogP contribution in [0.3, 0.4) is 0 Å². The predicted molar refractivity (Wildman–Crippen MR) is 79.8 cm³/mol. The van der Waals surface area contributed by atoms with Gasteiger partial charge in [0.1, 0.15) is 17.3 Å². The summed E-state index contributed by atoms with van der Waals surface area (Å²) in [4.78, 5) is 16.7. The summed E-state index contributed by atoms with van der Waals surface area (Å²) in [5, 5.41) is 3.20. The summed E-state index contributed by atoms with van der Waals surface area (Å²) < 4.78 is 6.57. The van der Waals surface area contributed by atoms with Gasteiger partial charge in [-0.2, -0.15) is 0 Å². The first-order chi connectivity index (χ1) is 9.40. The Morgan fingerprint density at radius 3 is 2.55 bits per heavy atom. The van der Waals surface area contributed by atoms with Crippen LogP contribution >= 0.6 is 0 Å². The predicted octanol–water partition coefficient (Wildman–Crippen LogP) is 2.45. The monoisotopic (exact) mass is 273 g/mol. The number of nitrogens with one attached hydrogen (secondary N) is 1. The van der Waals surface area contributed by atoms with Crippen molar-refractivity contribution in [2.45, 2.75) is 26.3 Å². The molecule has 2 aromatic heterocycles. The van der Waals surface area contributed by atoms with Crippen LogP contribution in [0.2, 0.25) is 0 Å². The van der Waals surface area contributed by atoms with Crippen molar-refractivity contribution in [2.24, 2.45) is 0 Å². The van der Waals surface area contributed by atoms with E-state index in [1.807, 2.05) is 26.8 Å². The lowest BCUT2D eigenvalue weighted by Gasteiger charge is -2.22. The van der Waals surface area contributed by atoms with Gasteiger partial charge in [-0.25, -0.2) is 4.98 Å². The van der Waals surface area contributed by atoms with Crippen LogP contribution in [0.4, 0.5) is 5.69 Å². The third kappa shape index (κ3) is 3.17. The minimum atomic E-state index is -0.175. The lowest BCUT2D eigenvalue weighted by molar-refractivity contribution is 0.412. The van der Waals surface area contributed by atoms with Crippen LogP contribution < -0.4 is 15.6 Å². The Bertz CT molecular complexity index is 639. The number of pyridine rings is 2. The van der Waals surface area contributed by atoms with E-state index in [4.69, 9.17) is 4.74 Å². The topological polar surface area (TPSA) is 56.1 Å². The molecule has 5 nitrogen and oxygen atoms in total. The summed E-state index contributed by atoms with van der Waals surface area (Å²) in [5.41, 5.74) is 0.254. The highest BCUT2D eigenvalue weighted by Gasteiger charge is 2.13. The molecule has 0 aliphatic carbocycles. The van der Waals surface area contributed by atoms with Gasteiger partial charge in [0.15, 0.2) is 0 Å². The van der Waals surface area contributed by atoms with Gasteiger partial charge in [-0.3, -0.25) is 9.36 Å². The summed E-state index contributed by atoms with van der Waals surface area (Å²) in [6.45, 7) is 6.03. The number of hydrogen-bond donors (Lipinski definition) is 1. The molecule has 1 N–H and O–H groups in total. The summed E-state index contributed by atoms with van der Waals surface area (Å²) in [7, 11) is 1.58. The van der Waals surface area contributed by atoms with Crippen LogP contribution in [-0.2, 0) is 0 Å². The molecular formula is C15H19N3O2. The third-order valence-corrected chi connectivity index (χ3v) is 2.66. The Hall–Kier alpha value is -2.30. The number of aromatic nitrogens is 2. The molecule has 0 aliphatic rings. The fourth-order valence-electron chi connectivity index (χ4n) is 1.81. The molecule has 0 spiro atoms. The molecule has 106 valence electrons. The molecule has 0 aromatic carbocycles. The second-order valence-electron chi connectivity index (χ2n) is 5.53. The Morgan fingerprint density at radius 2 is 2.00 bits per heavy atom. The number of methoxy groups -OCH3 is 1. The number of rotatable bonds is 3. The molecule has 0 radical (unpaired) electrons. The van der Waals surface area contributed by atoms with Crippen molar-refractivity contribution in [3.05, 3.63) is 47.0 Å². The van der Waals surface area contributed by atoms with Crippen molar-refractivity contribution in [2.75, 3.05) is 12.4 Å². The lowest BCUT2D eigenvalue weighted by atomic mass is 10.1. The van der Waals surface area contributed by atoms with Crippen molar-refractivity contribution in [1.82, 2.24) is 9.55 Å². The summed E-state index contributed by atoms with van der Waals surface area (Å²) in [6, 6.07) is 7.12. The number of ether oxygens (including phenoxy) is 1. The van der Waals surface area contributed by atoms with Crippen molar-refractivity contribution < 1.29 is 4.74 Å². The first-order valence-corrected chi connectivity index (χ1v) is 6.41. The van der Waals surface area contributed by atoms with Crippen molar-refractivity contribution >= 4 is 5.69 Å². The zero-order valence-electron chi connectivity index (χ0n) is 12.2. The molecule has 0 atom stereocenters. The van der Waals surface area contributed by atoms with Gasteiger partial charge in [-0.05, 0) is 45.0 Å². The molecule has 2 rings (SSSR count). The van der Waals surface area contributed by atoms with Crippen LogP contribution in [0, 0.1) is 0 Å². The maximum atomic E-state index is 12.4. The van der Waals surface area contributed by atoms with E-state index in [1.165, 1.54) is 4.57 Å². The SMILES string of the molecule is COc1ccc(-n2cccc(NC(C)(C)C)c2=O)nc1. The van der Waals surface area contributed by atoms with Crippen LogP contribution in [0.1, 0.15) is 20.8 Å². The van der Waals surface area contributed by atoms with Crippen LogP contribution in [0.15, 0.2) is 41.5 Å². The average Bonchev–Trinajstić information content (AvgIpc) is 2.40. The molecule has 5 heteroatoms. The Kier molecular flexibility index (Phi) is 3.79. The number of nitrogens with zero attached hydrogens (tertiary/aromatic N) is 2. The Balaban J connectivity index is 2.42. The fourth-order valence-corrected chi connectivity index (χ4v) is 1.81.